The normalized spacial score (nSPS) is 16.5. The van der Waals surface area contributed by atoms with Crippen LogP contribution in [0.3, 0.4) is 0 Å². The highest BCUT2D eigenvalue weighted by molar-refractivity contribution is 5.83. The van der Waals surface area contributed by atoms with Gasteiger partial charge in [0, 0.05) is 53.8 Å². The zero-order valence-electron chi connectivity index (χ0n) is 18.4. The van der Waals surface area contributed by atoms with Crippen molar-refractivity contribution in [2.24, 2.45) is 0 Å². The van der Waals surface area contributed by atoms with Crippen LogP contribution in [0.15, 0.2) is 84.6 Å². The highest BCUT2D eigenvalue weighted by atomic mass is 15.4. The predicted molar refractivity (Wildman–Crippen MR) is 125 cm³/mol. The van der Waals surface area contributed by atoms with Crippen molar-refractivity contribution in [3.63, 3.8) is 0 Å². The third kappa shape index (κ3) is 2.37. The van der Waals surface area contributed by atoms with Gasteiger partial charge >= 0.3 is 0 Å². The van der Waals surface area contributed by atoms with Gasteiger partial charge in [-0.05, 0) is 49.7 Å². The van der Waals surface area contributed by atoms with Gasteiger partial charge in [0.25, 0.3) is 0 Å². The lowest BCUT2D eigenvalue weighted by atomic mass is 9.74. The molecule has 0 amide bonds. The molecule has 0 atom stereocenters. The van der Waals surface area contributed by atoms with Crippen molar-refractivity contribution in [2.75, 3.05) is 18.6 Å². The molecular formula is C26H24N6. The van der Waals surface area contributed by atoms with Gasteiger partial charge in [0.1, 0.15) is 5.41 Å². The summed E-state index contributed by atoms with van der Waals surface area (Å²) in [6.45, 7) is 5.18. The quantitative estimate of drug-likeness (QED) is 0.465. The van der Waals surface area contributed by atoms with E-state index in [0.717, 1.165) is 46.1 Å². The minimum Gasteiger partial charge on any atom is -0.359 e. The van der Waals surface area contributed by atoms with Gasteiger partial charge in [-0.15, -0.1) is 0 Å². The molecule has 1 N–H and O–H groups in total. The number of hydrogen-bond acceptors (Lipinski definition) is 5. The minimum absolute atomic E-state index is 0.655. The van der Waals surface area contributed by atoms with Crippen LogP contribution >= 0.6 is 0 Å². The first-order valence-corrected chi connectivity index (χ1v) is 10.8. The summed E-state index contributed by atoms with van der Waals surface area (Å²) in [6.07, 6.45) is 5.53. The molecule has 0 spiro atoms. The summed E-state index contributed by atoms with van der Waals surface area (Å²) in [6, 6.07) is 19.1. The molecule has 6 heteroatoms. The number of benzene rings is 1. The maximum Gasteiger partial charge on any atom is 0.122 e. The number of rotatable bonds is 3. The molecule has 0 saturated heterocycles. The fourth-order valence-corrected chi connectivity index (χ4v) is 5.18. The molecule has 0 bridgehead atoms. The molecule has 1 aliphatic heterocycles. The van der Waals surface area contributed by atoms with Gasteiger partial charge in [0.05, 0.1) is 23.8 Å². The van der Waals surface area contributed by atoms with E-state index in [-0.39, 0.29) is 0 Å². The Hall–Kier alpha value is -3.93. The molecule has 0 unspecified atom stereocenters. The summed E-state index contributed by atoms with van der Waals surface area (Å²) in [5.74, 6) is 0. The summed E-state index contributed by atoms with van der Waals surface area (Å²) < 4.78 is 0. The Bertz CT molecular complexity index is 1310. The molecule has 0 radical (unpaired) electrons. The molecule has 0 fully saturated rings. The Morgan fingerprint density at radius 3 is 2.16 bits per heavy atom. The molecule has 4 aromatic rings. The van der Waals surface area contributed by atoms with E-state index in [4.69, 9.17) is 9.97 Å². The van der Waals surface area contributed by atoms with Crippen LogP contribution < -0.4 is 4.90 Å². The van der Waals surface area contributed by atoms with Crippen molar-refractivity contribution >= 4 is 5.69 Å². The fraction of sp³-hybridized carbons (Fsp3) is 0.192. The van der Waals surface area contributed by atoms with Gasteiger partial charge in [-0.2, -0.15) is 5.10 Å². The van der Waals surface area contributed by atoms with Gasteiger partial charge in [-0.25, -0.2) is 0 Å². The average Bonchev–Trinajstić information content (AvgIpc) is 3.53. The lowest BCUT2D eigenvalue weighted by Crippen LogP contribution is -2.31. The lowest BCUT2D eigenvalue weighted by Gasteiger charge is -2.31. The standard InChI is InChI=1S/C26H24N6/c1-17-18(2)32(16-31(17)3)20-8-4-7-19(15-20)26(23-11-14-29-30-23)24-21(9-5-12-27-24)22-10-6-13-28-25(22)26/h4-15H,16H2,1-3H3,(H,29,30). The number of aromatic nitrogens is 4. The van der Waals surface area contributed by atoms with Crippen LogP contribution in [0.5, 0.6) is 0 Å². The van der Waals surface area contributed by atoms with Crippen molar-refractivity contribution in [3.05, 3.63) is 107 Å². The van der Waals surface area contributed by atoms with E-state index >= 15 is 0 Å². The highest BCUT2D eigenvalue weighted by Gasteiger charge is 2.50. The van der Waals surface area contributed by atoms with Crippen LogP contribution in [0, 0.1) is 0 Å². The zero-order valence-corrected chi connectivity index (χ0v) is 18.4. The molecule has 3 aromatic heterocycles. The number of anilines is 1. The average molecular weight is 421 g/mol. The largest absolute Gasteiger partial charge is 0.359 e. The van der Waals surface area contributed by atoms with E-state index in [2.05, 4.69) is 77.3 Å². The number of pyridine rings is 2. The maximum absolute atomic E-state index is 4.91. The van der Waals surface area contributed by atoms with E-state index < -0.39 is 5.41 Å². The first-order chi connectivity index (χ1) is 15.6. The Morgan fingerprint density at radius 2 is 1.56 bits per heavy atom. The molecular weight excluding hydrogens is 396 g/mol. The summed E-state index contributed by atoms with van der Waals surface area (Å²) in [7, 11) is 2.13. The molecule has 0 saturated carbocycles. The van der Waals surface area contributed by atoms with Crippen LogP contribution in [-0.2, 0) is 5.41 Å². The SMILES string of the molecule is CC1=C(C)N(c2cccc(C3(c4ccn[nH]4)c4ncccc4-c4cccnc43)c2)CN1C. The van der Waals surface area contributed by atoms with Crippen LogP contribution in [0.1, 0.15) is 36.5 Å². The van der Waals surface area contributed by atoms with E-state index in [1.165, 1.54) is 11.4 Å². The van der Waals surface area contributed by atoms with Gasteiger partial charge in [0.2, 0.25) is 0 Å². The topological polar surface area (TPSA) is 60.9 Å². The highest BCUT2D eigenvalue weighted by Crippen LogP contribution is 2.54. The number of fused-ring (bicyclic) bond motifs is 3. The third-order valence-electron chi connectivity index (χ3n) is 6.97. The number of nitrogens with one attached hydrogen (secondary N) is 1. The van der Waals surface area contributed by atoms with Crippen molar-refractivity contribution in [1.82, 2.24) is 25.1 Å². The monoisotopic (exact) mass is 420 g/mol. The van der Waals surface area contributed by atoms with Crippen LogP contribution in [0.25, 0.3) is 11.1 Å². The second-order valence-electron chi connectivity index (χ2n) is 8.51. The van der Waals surface area contributed by atoms with Gasteiger partial charge in [0.15, 0.2) is 0 Å². The molecule has 1 aliphatic carbocycles. The molecule has 6 rings (SSSR count). The maximum atomic E-state index is 4.91. The van der Waals surface area contributed by atoms with Crippen molar-refractivity contribution in [3.8, 4) is 11.1 Å². The molecule has 158 valence electrons. The van der Waals surface area contributed by atoms with Gasteiger partial charge < -0.3 is 9.80 Å². The van der Waals surface area contributed by atoms with Crippen LogP contribution in [0.2, 0.25) is 0 Å². The van der Waals surface area contributed by atoms with E-state index in [0.29, 0.717) is 0 Å². The minimum atomic E-state index is -0.655. The predicted octanol–water partition coefficient (Wildman–Crippen LogP) is 4.52. The first kappa shape index (κ1) is 18.8. The van der Waals surface area contributed by atoms with Crippen molar-refractivity contribution in [2.45, 2.75) is 19.3 Å². The first-order valence-electron chi connectivity index (χ1n) is 10.8. The summed E-state index contributed by atoms with van der Waals surface area (Å²) in [5.41, 5.74) is 9.34. The second kappa shape index (κ2) is 6.79. The molecule has 2 aliphatic rings. The molecule has 32 heavy (non-hydrogen) atoms. The number of aromatic amines is 1. The molecule has 1 aromatic carbocycles. The fourth-order valence-electron chi connectivity index (χ4n) is 5.18. The molecule has 4 heterocycles. The summed E-state index contributed by atoms with van der Waals surface area (Å²) in [5, 5.41) is 7.56. The second-order valence-corrected chi connectivity index (χ2v) is 8.51. The van der Waals surface area contributed by atoms with E-state index in [9.17, 15) is 0 Å². The third-order valence-corrected chi connectivity index (χ3v) is 6.97. The number of H-pyrrole nitrogens is 1. The zero-order chi connectivity index (χ0) is 21.9. The van der Waals surface area contributed by atoms with Gasteiger partial charge in [-0.1, -0.05) is 24.3 Å². The number of allylic oxidation sites excluding steroid dienone is 2. The van der Waals surface area contributed by atoms with Gasteiger partial charge in [-0.3, -0.25) is 15.1 Å². The van der Waals surface area contributed by atoms with Crippen molar-refractivity contribution in [1.29, 1.82) is 0 Å². The lowest BCUT2D eigenvalue weighted by molar-refractivity contribution is 0.460. The van der Waals surface area contributed by atoms with Crippen molar-refractivity contribution < 1.29 is 0 Å². The Kier molecular flexibility index (Phi) is 3.99. The number of hydrogen-bond donors (Lipinski definition) is 1. The van der Waals surface area contributed by atoms with E-state index in [1.54, 1.807) is 6.20 Å². The smallest absolute Gasteiger partial charge is 0.122 e. The van der Waals surface area contributed by atoms with Crippen LogP contribution in [0.4, 0.5) is 5.69 Å². The molecule has 6 nitrogen and oxygen atoms in total. The Labute approximate surface area is 187 Å². The van der Waals surface area contributed by atoms with E-state index in [1.807, 2.05) is 30.6 Å². The Balaban J connectivity index is 1.64. The summed E-state index contributed by atoms with van der Waals surface area (Å²) in [4.78, 5) is 14.4. The Morgan fingerprint density at radius 1 is 0.844 bits per heavy atom. The number of nitrogens with zero attached hydrogens (tertiary/aromatic N) is 5. The van der Waals surface area contributed by atoms with Crippen LogP contribution in [-0.4, -0.2) is 38.8 Å². The summed E-state index contributed by atoms with van der Waals surface area (Å²) >= 11 is 0.